The number of carbonyl (C=O) groups excluding carboxylic acids is 3. The molecule has 0 aromatic heterocycles. The molecule has 0 aliphatic rings. The van der Waals surface area contributed by atoms with E-state index in [4.69, 9.17) is 0 Å². The van der Waals surface area contributed by atoms with E-state index in [0.717, 1.165) is 26.4 Å². The van der Waals surface area contributed by atoms with Crippen LogP contribution in [0.15, 0.2) is 30.0 Å². The van der Waals surface area contributed by atoms with Crippen molar-refractivity contribution in [2.75, 3.05) is 31.5 Å². The van der Waals surface area contributed by atoms with Gasteiger partial charge in [0.2, 0.25) is 0 Å². The van der Waals surface area contributed by atoms with Crippen LogP contribution in [-0.4, -0.2) is 43.8 Å². The maximum Gasteiger partial charge on any atom is 0.411 e. The molecule has 0 radical (unpaired) electrons. The van der Waals surface area contributed by atoms with Crippen molar-refractivity contribution in [1.82, 2.24) is 0 Å². The Bertz CT molecular complexity index is 744. The number of carbonyl (C=O) groups is 3. The number of nitrogens with zero attached hydrogens (tertiary/aromatic N) is 1. The highest BCUT2D eigenvalue weighted by Gasteiger charge is 2.19. The van der Waals surface area contributed by atoms with Gasteiger partial charge in [-0.15, -0.1) is 0 Å². The molecule has 0 heterocycles. The summed E-state index contributed by atoms with van der Waals surface area (Å²) in [5.74, 6) is -1.71. The van der Waals surface area contributed by atoms with Crippen molar-refractivity contribution >= 4 is 35.1 Å². The van der Waals surface area contributed by atoms with Crippen molar-refractivity contribution in [2.24, 2.45) is 0 Å². The normalized spacial score (nSPS) is 10.5. The number of amides is 1. The molecule has 0 saturated carbocycles. The van der Waals surface area contributed by atoms with Crippen LogP contribution in [0, 0.1) is 10.1 Å². The molecule has 11 nitrogen and oxygen atoms in total. The SMILES string of the molecule is CCOC(=O)Nc1ccc(N/C(=C/C(=O)OC)C(=O)OC)cc1[N+](=O)[O-]. The van der Waals surface area contributed by atoms with Crippen LogP contribution in [0.4, 0.5) is 21.9 Å². The molecule has 0 aliphatic heterocycles. The van der Waals surface area contributed by atoms with Crippen LogP contribution < -0.4 is 10.6 Å². The molecule has 0 atom stereocenters. The van der Waals surface area contributed by atoms with E-state index in [0.29, 0.717) is 0 Å². The predicted molar refractivity (Wildman–Crippen MR) is 89.5 cm³/mol. The summed E-state index contributed by atoms with van der Waals surface area (Å²) in [6, 6.07) is 3.66. The van der Waals surface area contributed by atoms with Crippen molar-refractivity contribution in [2.45, 2.75) is 6.92 Å². The first-order valence-electron chi connectivity index (χ1n) is 7.19. The first kappa shape index (κ1) is 20.4. The molecule has 0 saturated heterocycles. The second-order valence-corrected chi connectivity index (χ2v) is 4.53. The van der Waals surface area contributed by atoms with Gasteiger partial charge in [-0.3, -0.25) is 15.4 Å². The van der Waals surface area contributed by atoms with E-state index in [9.17, 15) is 24.5 Å². The zero-order valence-electron chi connectivity index (χ0n) is 14.2. The summed E-state index contributed by atoms with van der Waals surface area (Å²) in [5, 5.41) is 16.0. The molecule has 1 rings (SSSR count). The molecule has 140 valence electrons. The van der Waals surface area contributed by atoms with Crippen LogP contribution in [0.2, 0.25) is 0 Å². The molecule has 1 aromatic rings. The molecule has 0 bridgehead atoms. The van der Waals surface area contributed by atoms with Crippen LogP contribution in [0.5, 0.6) is 0 Å². The number of esters is 2. The van der Waals surface area contributed by atoms with Gasteiger partial charge in [0, 0.05) is 11.8 Å². The molecular formula is C15H17N3O8. The van der Waals surface area contributed by atoms with Crippen LogP contribution in [0.3, 0.4) is 0 Å². The number of ether oxygens (including phenoxy) is 3. The second-order valence-electron chi connectivity index (χ2n) is 4.53. The minimum absolute atomic E-state index is 0.0973. The summed E-state index contributed by atoms with van der Waals surface area (Å²) in [5.41, 5.74) is -0.743. The minimum Gasteiger partial charge on any atom is -0.466 e. The fourth-order valence-corrected chi connectivity index (χ4v) is 1.73. The van der Waals surface area contributed by atoms with Crippen molar-refractivity contribution in [1.29, 1.82) is 0 Å². The molecule has 1 aromatic carbocycles. The van der Waals surface area contributed by atoms with E-state index in [1.807, 2.05) is 0 Å². The Morgan fingerprint density at radius 2 is 1.88 bits per heavy atom. The Morgan fingerprint density at radius 1 is 1.19 bits per heavy atom. The standard InChI is InChI=1S/C15H17N3O8/c1-4-26-15(21)17-10-6-5-9(7-12(10)18(22)23)16-11(14(20)25-3)8-13(19)24-2/h5-8,16H,4H2,1-3H3,(H,17,21)/b11-8+. The Hall–Kier alpha value is -3.63. The number of nitro groups is 1. The Labute approximate surface area is 148 Å². The predicted octanol–water partition coefficient (Wildman–Crippen LogP) is 1.80. The van der Waals surface area contributed by atoms with Gasteiger partial charge in [-0.25, -0.2) is 14.4 Å². The molecule has 0 spiro atoms. The topological polar surface area (TPSA) is 146 Å². The average molecular weight is 367 g/mol. The Balaban J connectivity index is 3.16. The molecule has 0 aliphatic carbocycles. The van der Waals surface area contributed by atoms with E-state index < -0.39 is 28.6 Å². The van der Waals surface area contributed by atoms with Crippen LogP contribution >= 0.6 is 0 Å². The molecular weight excluding hydrogens is 350 g/mol. The molecule has 0 unspecified atom stereocenters. The summed E-state index contributed by atoms with van der Waals surface area (Å²) in [6.07, 6.45) is -0.0141. The molecule has 1 amide bonds. The zero-order chi connectivity index (χ0) is 19.7. The summed E-state index contributed by atoms with van der Waals surface area (Å²) in [6.45, 7) is 1.68. The third-order valence-corrected chi connectivity index (χ3v) is 2.85. The van der Waals surface area contributed by atoms with Crippen molar-refractivity contribution < 1.29 is 33.5 Å². The number of methoxy groups -OCH3 is 2. The highest BCUT2D eigenvalue weighted by atomic mass is 16.6. The number of nitro benzene ring substituents is 1. The maximum atomic E-state index is 11.7. The molecule has 2 N–H and O–H groups in total. The summed E-state index contributed by atoms with van der Waals surface area (Å²) in [4.78, 5) is 45.0. The first-order valence-corrected chi connectivity index (χ1v) is 7.19. The number of anilines is 2. The highest BCUT2D eigenvalue weighted by Crippen LogP contribution is 2.28. The number of hydrogen-bond donors (Lipinski definition) is 2. The van der Waals surface area contributed by atoms with Crippen molar-refractivity contribution in [3.05, 3.63) is 40.1 Å². The van der Waals surface area contributed by atoms with Gasteiger partial charge in [0.15, 0.2) is 0 Å². The lowest BCUT2D eigenvalue weighted by molar-refractivity contribution is -0.383. The second kappa shape index (κ2) is 9.61. The summed E-state index contributed by atoms with van der Waals surface area (Å²) >= 11 is 0. The maximum absolute atomic E-state index is 11.7. The summed E-state index contributed by atoms with van der Waals surface area (Å²) < 4.78 is 13.6. The van der Waals surface area contributed by atoms with Gasteiger partial charge in [0.05, 0.1) is 31.8 Å². The van der Waals surface area contributed by atoms with E-state index in [2.05, 4.69) is 24.8 Å². The number of hydrogen-bond acceptors (Lipinski definition) is 9. The van der Waals surface area contributed by atoms with Crippen molar-refractivity contribution in [3.63, 3.8) is 0 Å². The number of rotatable bonds is 7. The van der Waals surface area contributed by atoms with Crippen LogP contribution in [-0.2, 0) is 23.8 Å². The van der Waals surface area contributed by atoms with Gasteiger partial charge in [0.1, 0.15) is 11.4 Å². The molecule has 11 heteroatoms. The van der Waals surface area contributed by atoms with E-state index >= 15 is 0 Å². The van der Waals surface area contributed by atoms with Gasteiger partial charge in [0.25, 0.3) is 5.69 Å². The van der Waals surface area contributed by atoms with E-state index in [1.165, 1.54) is 12.1 Å². The summed E-state index contributed by atoms with van der Waals surface area (Å²) in [7, 11) is 2.22. The molecule has 0 fully saturated rings. The molecule has 26 heavy (non-hydrogen) atoms. The van der Waals surface area contributed by atoms with Gasteiger partial charge >= 0.3 is 18.0 Å². The largest absolute Gasteiger partial charge is 0.466 e. The fraction of sp³-hybridized carbons (Fsp3) is 0.267. The lowest BCUT2D eigenvalue weighted by atomic mass is 10.2. The van der Waals surface area contributed by atoms with Crippen LogP contribution in [0.1, 0.15) is 6.92 Å². The number of nitrogens with one attached hydrogen (secondary N) is 2. The third-order valence-electron chi connectivity index (χ3n) is 2.85. The van der Waals surface area contributed by atoms with E-state index in [-0.39, 0.29) is 23.7 Å². The first-order chi connectivity index (χ1) is 12.3. The number of benzene rings is 1. The van der Waals surface area contributed by atoms with Crippen molar-refractivity contribution in [3.8, 4) is 0 Å². The lowest BCUT2D eigenvalue weighted by Crippen LogP contribution is -2.16. The van der Waals surface area contributed by atoms with E-state index in [1.54, 1.807) is 6.92 Å². The van der Waals surface area contributed by atoms with Gasteiger partial charge in [-0.2, -0.15) is 0 Å². The van der Waals surface area contributed by atoms with Gasteiger partial charge in [-0.05, 0) is 19.1 Å². The average Bonchev–Trinajstić information content (AvgIpc) is 2.61. The smallest absolute Gasteiger partial charge is 0.411 e. The zero-order valence-corrected chi connectivity index (χ0v) is 14.2. The Kier molecular flexibility index (Phi) is 7.55. The quantitative estimate of drug-likeness (QED) is 0.242. The van der Waals surface area contributed by atoms with Gasteiger partial charge in [-0.1, -0.05) is 0 Å². The Morgan fingerprint density at radius 3 is 2.42 bits per heavy atom. The van der Waals surface area contributed by atoms with Crippen LogP contribution in [0.25, 0.3) is 0 Å². The van der Waals surface area contributed by atoms with Gasteiger partial charge < -0.3 is 19.5 Å². The fourth-order valence-electron chi connectivity index (χ4n) is 1.73. The minimum atomic E-state index is -0.883. The lowest BCUT2D eigenvalue weighted by Gasteiger charge is -2.11. The third kappa shape index (κ3) is 5.78. The highest BCUT2D eigenvalue weighted by molar-refractivity contribution is 5.99. The monoisotopic (exact) mass is 367 g/mol.